The van der Waals surface area contributed by atoms with Crippen LogP contribution in [0.1, 0.15) is 24.6 Å². The van der Waals surface area contributed by atoms with E-state index >= 15 is 0 Å². The number of nitrogens with zero attached hydrogens (tertiary/aromatic N) is 4. The molecule has 6 heteroatoms. The van der Waals surface area contributed by atoms with Crippen LogP contribution in [0.25, 0.3) is 0 Å². The van der Waals surface area contributed by atoms with Crippen LogP contribution in [-0.4, -0.2) is 26.8 Å². The predicted octanol–water partition coefficient (Wildman–Crippen LogP) is 2.28. The number of hydrogen-bond donors (Lipinski definition) is 1. The van der Waals surface area contributed by atoms with E-state index in [0.717, 1.165) is 21.6 Å². The Labute approximate surface area is 110 Å². The normalized spacial score (nSPS) is 14.8. The van der Waals surface area contributed by atoms with E-state index in [4.69, 9.17) is 0 Å². The molecule has 5 nitrogen and oxygen atoms in total. The summed E-state index contributed by atoms with van der Waals surface area (Å²) in [6.45, 7) is 0. The molecule has 0 unspecified atom stereocenters. The van der Waals surface area contributed by atoms with Crippen molar-refractivity contribution in [2.45, 2.75) is 28.7 Å². The molecule has 2 heterocycles. The summed E-state index contributed by atoms with van der Waals surface area (Å²) in [5.41, 5.74) is 0. The van der Waals surface area contributed by atoms with Gasteiger partial charge in [0.25, 0.3) is 0 Å². The van der Waals surface area contributed by atoms with E-state index < -0.39 is 0 Å². The first kappa shape index (κ1) is 11.5. The number of nitrogens with one attached hydrogen (secondary N) is 1. The lowest BCUT2D eigenvalue weighted by atomic mass is 10.4. The highest BCUT2D eigenvalue weighted by Crippen LogP contribution is 2.39. The Kier molecular flexibility index (Phi) is 2.95. The summed E-state index contributed by atoms with van der Waals surface area (Å²) in [5.74, 6) is 2.41. The highest BCUT2D eigenvalue weighted by Gasteiger charge is 2.27. The van der Waals surface area contributed by atoms with Gasteiger partial charge >= 0.3 is 0 Å². The van der Waals surface area contributed by atoms with Crippen LogP contribution in [0.3, 0.4) is 0 Å². The van der Waals surface area contributed by atoms with Crippen molar-refractivity contribution in [3.63, 3.8) is 0 Å². The van der Waals surface area contributed by atoms with Gasteiger partial charge in [0.15, 0.2) is 0 Å². The van der Waals surface area contributed by atoms with Gasteiger partial charge in [0.05, 0.1) is 11.1 Å². The minimum Gasteiger partial charge on any atom is -0.373 e. The summed E-state index contributed by atoms with van der Waals surface area (Å²) in [6.07, 6.45) is 6.26. The van der Waals surface area contributed by atoms with Gasteiger partial charge in [-0.3, -0.25) is 4.68 Å². The molecule has 1 aliphatic rings. The van der Waals surface area contributed by atoms with Gasteiger partial charge in [-0.1, -0.05) is 11.8 Å². The van der Waals surface area contributed by atoms with Crippen molar-refractivity contribution in [3.05, 3.63) is 24.3 Å². The van der Waals surface area contributed by atoms with Crippen LogP contribution in [0, 0.1) is 0 Å². The number of anilines is 1. The third kappa shape index (κ3) is 2.48. The Morgan fingerprint density at radius 3 is 2.83 bits per heavy atom. The zero-order valence-corrected chi connectivity index (χ0v) is 11.2. The second-order valence-electron chi connectivity index (χ2n) is 4.43. The lowest BCUT2D eigenvalue weighted by Crippen LogP contribution is -1.99. The Balaban J connectivity index is 1.88. The zero-order chi connectivity index (χ0) is 12.5. The number of aryl methyl sites for hydroxylation is 1. The van der Waals surface area contributed by atoms with Crippen LogP contribution in [0.5, 0.6) is 0 Å². The molecule has 94 valence electrons. The summed E-state index contributed by atoms with van der Waals surface area (Å²) in [4.78, 5) is 10.2. The van der Waals surface area contributed by atoms with Crippen molar-refractivity contribution in [1.29, 1.82) is 0 Å². The van der Waals surface area contributed by atoms with Crippen molar-refractivity contribution in [2.75, 3.05) is 12.4 Å². The van der Waals surface area contributed by atoms with Crippen LogP contribution in [-0.2, 0) is 7.05 Å². The second kappa shape index (κ2) is 4.61. The van der Waals surface area contributed by atoms with E-state index in [2.05, 4.69) is 20.4 Å². The van der Waals surface area contributed by atoms with Gasteiger partial charge in [-0.15, -0.1) is 0 Å². The zero-order valence-electron chi connectivity index (χ0n) is 10.4. The molecule has 0 aromatic carbocycles. The minimum absolute atomic E-state index is 0.562. The highest BCUT2D eigenvalue weighted by molar-refractivity contribution is 7.99. The van der Waals surface area contributed by atoms with Gasteiger partial charge in [0, 0.05) is 32.3 Å². The molecule has 0 spiro atoms. The lowest BCUT2D eigenvalue weighted by Gasteiger charge is -2.05. The molecule has 2 aromatic rings. The van der Waals surface area contributed by atoms with Gasteiger partial charge in [-0.05, 0) is 12.8 Å². The Morgan fingerprint density at radius 1 is 1.39 bits per heavy atom. The molecule has 1 saturated carbocycles. The largest absolute Gasteiger partial charge is 0.373 e. The number of rotatable bonds is 4. The third-order valence-corrected chi connectivity index (χ3v) is 3.69. The molecule has 0 saturated heterocycles. The third-order valence-electron chi connectivity index (χ3n) is 2.82. The molecule has 0 radical (unpaired) electrons. The average Bonchev–Trinajstić information content (AvgIpc) is 3.14. The summed E-state index contributed by atoms with van der Waals surface area (Å²) in [7, 11) is 3.80. The van der Waals surface area contributed by atoms with Gasteiger partial charge in [0.1, 0.15) is 16.7 Å². The first-order valence-corrected chi connectivity index (χ1v) is 6.79. The van der Waals surface area contributed by atoms with Crippen molar-refractivity contribution < 1.29 is 0 Å². The van der Waals surface area contributed by atoms with Gasteiger partial charge in [-0.25, -0.2) is 9.97 Å². The van der Waals surface area contributed by atoms with E-state index in [9.17, 15) is 0 Å². The molecule has 0 bridgehead atoms. The van der Waals surface area contributed by atoms with Crippen molar-refractivity contribution in [3.8, 4) is 0 Å². The number of hydrogen-bond acceptors (Lipinski definition) is 5. The first-order chi connectivity index (χ1) is 8.74. The molecular weight excluding hydrogens is 246 g/mol. The highest BCUT2D eigenvalue weighted by atomic mass is 32.2. The Hall–Kier alpha value is -1.56. The second-order valence-corrected chi connectivity index (χ2v) is 5.52. The molecule has 3 rings (SSSR count). The van der Waals surface area contributed by atoms with E-state index in [0.29, 0.717) is 5.92 Å². The molecule has 0 atom stereocenters. The quantitative estimate of drug-likeness (QED) is 0.856. The topological polar surface area (TPSA) is 55.6 Å². The Morgan fingerprint density at radius 2 is 2.22 bits per heavy atom. The van der Waals surface area contributed by atoms with Gasteiger partial charge in [-0.2, -0.15) is 5.10 Å². The molecule has 18 heavy (non-hydrogen) atoms. The molecule has 1 aliphatic carbocycles. The fraction of sp³-hybridized carbons (Fsp3) is 0.417. The standard InChI is InChI=1S/C12H15N5S/c1-13-10-5-11(16-12(15-10)8-3-4-8)18-9-6-14-17(2)7-9/h5-8H,3-4H2,1-2H3,(H,13,15,16). The van der Waals surface area contributed by atoms with Crippen LogP contribution < -0.4 is 5.32 Å². The van der Waals surface area contributed by atoms with Crippen molar-refractivity contribution >= 4 is 17.6 Å². The maximum absolute atomic E-state index is 4.62. The lowest BCUT2D eigenvalue weighted by molar-refractivity contribution is 0.766. The maximum Gasteiger partial charge on any atom is 0.135 e. The van der Waals surface area contributed by atoms with Crippen molar-refractivity contribution in [2.24, 2.45) is 7.05 Å². The fourth-order valence-corrected chi connectivity index (χ4v) is 2.58. The first-order valence-electron chi connectivity index (χ1n) is 5.98. The molecule has 0 aliphatic heterocycles. The summed E-state index contributed by atoms with van der Waals surface area (Å²) < 4.78 is 1.80. The van der Waals surface area contributed by atoms with Crippen LogP contribution >= 0.6 is 11.8 Å². The van der Waals surface area contributed by atoms with Gasteiger partial charge in [0.2, 0.25) is 0 Å². The van der Waals surface area contributed by atoms with Crippen molar-refractivity contribution in [1.82, 2.24) is 19.7 Å². The molecule has 0 amide bonds. The molecular formula is C12H15N5S. The molecule has 2 aromatic heterocycles. The smallest absolute Gasteiger partial charge is 0.135 e. The van der Waals surface area contributed by atoms with E-state index in [1.807, 2.05) is 32.6 Å². The van der Waals surface area contributed by atoms with Crippen LogP contribution in [0.4, 0.5) is 5.82 Å². The van der Waals surface area contributed by atoms with Crippen LogP contribution in [0.2, 0.25) is 0 Å². The maximum atomic E-state index is 4.62. The summed E-state index contributed by atoms with van der Waals surface area (Å²) in [5, 5.41) is 8.23. The monoisotopic (exact) mass is 261 g/mol. The summed E-state index contributed by atoms with van der Waals surface area (Å²) >= 11 is 1.62. The summed E-state index contributed by atoms with van der Waals surface area (Å²) in [6, 6.07) is 1.98. The molecule has 1 N–H and O–H groups in total. The average molecular weight is 261 g/mol. The number of aromatic nitrogens is 4. The van der Waals surface area contributed by atoms with E-state index in [1.54, 1.807) is 16.4 Å². The SMILES string of the molecule is CNc1cc(Sc2cnn(C)c2)nc(C2CC2)n1. The predicted molar refractivity (Wildman–Crippen MR) is 70.9 cm³/mol. The Bertz CT molecular complexity index is 561. The van der Waals surface area contributed by atoms with E-state index in [1.165, 1.54) is 12.8 Å². The fourth-order valence-electron chi connectivity index (χ4n) is 1.72. The van der Waals surface area contributed by atoms with Gasteiger partial charge < -0.3 is 5.32 Å². The van der Waals surface area contributed by atoms with E-state index in [-0.39, 0.29) is 0 Å². The minimum atomic E-state index is 0.562. The molecule has 1 fully saturated rings. The van der Waals surface area contributed by atoms with Crippen LogP contribution in [0.15, 0.2) is 28.4 Å².